The summed E-state index contributed by atoms with van der Waals surface area (Å²) < 4.78 is 5.28. The molecule has 0 spiro atoms. The molecule has 10 nitrogen and oxygen atoms in total. The standard InChI is InChI=1S/C15H24N4O4S.CH2O2/c1-2-23-10-12-17-18-15(24-12)19-9-11(8-13(19)21)14(22)16-6-4-3-5-7-20;2-1-3/h11,20H,2-10H2,1H3,(H,16,22);1H,(H,2,3). The number of carbonyl (C=O) groups is 3. The number of rotatable bonds is 10. The van der Waals surface area contributed by atoms with Gasteiger partial charge in [0.2, 0.25) is 16.9 Å². The first-order valence-corrected chi connectivity index (χ1v) is 9.55. The topological polar surface area (TPSA) is 142 Å². The Kier molecular flexibility index (Phi) is 11.1. The van der Waals surface area contributed by atoms with Crippen LogP contribution in [0.1, 0.15) is 37.6 Å². The van der Waals surface area contributed by atoms with Gasteiger partial charge in [0.05, 0.1) is 5.92 Å². The third-order valence-electron chi connectivity index (χ3n) is 3.75. The van der Waals surface area contributed by atoms with E-state index in [0.717, 1.165) is 24.3 Å². The van der Waals surface area contributed by atoms with Gasteiger partial charge in [0, 0.05) is 32.7 Å². The van der Waals surface area contributed by atoms with Crippen LogP contribution in [-0.2, 0) is 25.7 Å². The monoisotopic (exact) mass is 402 g/mol. The number of unbranched alkanes of at least 4 members (excludes halogenated alkanes) is 2. The van der Waals surface area contributed by atoms with E-state index in [1.54, 1.807) is 0 Å². The van der Waals surface area contributed by atoms with Crippen LogP contribution >= 0.6 is 11.3 Å². The molecule has 0 aliphatic carbocycles. The van der Waals surface area contributed by atoms with E-state index >= 15 is 0 Å². The van der Waals surface area contributed by atoms with Crippen molar-refractivity contribution in [1.29, 1.82) is 0 Å². The largest absolute Gasteiger partial charge is 0.483 e. The van der Waals surface area contributed by atoms with E-state index in [4.69, 9.17) is 19.7 Å². The van der Waals surface area contributed by atoms with Gasteiger partial charge in [-0.1, -0.05) is 11.3 Å². The van der Waals surface area contributed by atoms with Crippen LogP contribution in [0.15, 0.2) is 0 Å². The van der Waals surface area contributed by atoms with Gasteiger partial charge >= 0.3 is 0 Å². The molecule has 1 fully saturated rings. The van der Waals surface area contributed by atoms with Crippen LogP contribution in [0.25, 0.3) is 0 Å². The highest BCUT2D eigenvalue weighted by Gasteiger charge is 2.36. The molecule has 0 aromatic carbocycles. The number of carbonyl (C=O) groups excluding carboxylic acids is 2. The lowest BCUT2D eigenvalue weighted by molar-refractivity contribution is -0.126. The first kappa shape index (κ1) is 22.9. The summed E-state index contributed by atoms with van der Waals surface area (Å²) in [5, 5.41) is 27.7. The predicted octanol–water partition coefficient (Wildman–Crippen LogP) is 0.407. The fourth-order valence-electron chi connectivity index (χ4n) is 2.44. The number of aliphatic hydroxyl groups is 1. The lowest BCUT2D eigenvalue weighted by atomic mass is 10.1. The van der Waals surface area contributed by atoms with Crippen LogP contribution in [0.5, 0.6) is 0 Å². The van der Waals surface area contributed by atoms with Gasteiger partial charge in [-0.2, -0.15) is 0 Å². The summed E-state index contributed by atoms with van der Waals surface area (Å²) in [6.07, 6.45) is 2.64. The van der Waals surface area contributed by atoms with E-state index in [0.29, 0.717) is 31.4 Å². The SMILES string of the molecule is CCOCc1nnc(N2CC(C(=O)NCCCCCO)CC2=O)s1.O=CO. The van der Waals surface area contributed by atoms with E-state index < -0.39 is 0 Å². The fraction of sp³-hybridized carbons (Fsp3) is 0.688. The maximum atomic E-state index is 12.2. The van der Waals surface area contributed by atoms with Crippen molar-refractivity contribution in [3.8, 4) is 0 Å². The lowest BCUT2D eigenvalue weighted by Gasteiger charge is -2.12. The average molecular weight is 402 g/mol. The van der Waals surface area contributed by atoms with Gasteiger partial charge in [-0.15, -0.1) is 10.2 Å². The van der Waals surface area contributed by atoms with Gasteiger partial charge in [-0.3, -0.25) is 19.3 Å². The Morgan fingerprint density at radius 1 is 1.41 bits per heavy atom. The van der Waals surface area contributed by atoms with Gasteiger partial charge in [-0.25, -0.2) is 0 Å². The Labute approximate surface area is 161 Å². The molecule has 1 atom stereocenters. The highest BCUT2D eigenvalue weighted by molar-refractivity contribution is 7.15. The predicted molar refractivity (Wildman–Crippen MR) is 98.3 cm³/mol. The van der Waals surface area contributed by atoms with Crippen molar-refractivity contribution in [1.82, 2.24) is 15.5 Å². The van der Waals surface area contributed by atoms with Crippen molar-refractivity contribution < 1.29 is 29.3 Å². The van der Waals surface area contributed by atoms with Crippen molar-refractivity contribution in [3.05, 3.63) is 5.01 Å². The average Bonchev–Trinajstić information content (AvgIpc) is 3.26. The second kappa shape index (κ2) is 13.1. The molecule has 1 aliphatic rings. The molecule has 2 amide bonds. The van der Waals surface area contributed by atoms with Crippen LogP contribution < -0.4 is 10.2 Å². The molecule has 2 heterocycles. The fourth-order valence-corrected chi connectivity index (χ4v) is 3.24. The molecule has 1 unspecified atom stereocenters. The molecular formula is C16H26N4O6S. The number of hydrogen-bond acceptors (Lipinski definition) is 8. The number of aliphatic hydroxyl groups excluding tert-OH is 1. The molecule has 3 N–H and O–H groups in total. The summed E-state index contributed by atoms with van der Waals surface area (Å²) in [6, 6.07) is 0. The number of aromatic nitrogens is 2. The third-order valence-corrected chi connectivity index (χ3v) is 4.67. The molecule has 1 saturated heterocycles. The zero-order chi connectivity index (χ0) is 20.1. The maximum Gasteiger partial charge on any atom is 0.290 e. The van der Waals surface area contributed by atoms with Crippen LogP contribution in [0.4, 0.5) is 5.13 Å². The molecular weight excluding hydrogens is 376 g/mol. The van der Waals surface area contributed by atoms with Crippen LogP contribution in [-0.4, -0.2) is 65.0 Å². The minimum atomic E-state index is -0.352. The zero-order valence-electron chi connectivity index (χ0n) is 15.3. The van der Waals surface area contributed by atoms with Gasteiger partial charge < -0.3 is 20.3 Å². The molecule has 152 valence electrons. The molecule has 27 heavy (non-hydrogen) atoms. The maximum absolute atomic E-state index is 12.2. The first-order valence-electron chi connectivity index (χ1n) is 8.74. The number of anilines is 1. The van der Waals surface area contributed by atoms with Gasteiger partial charge in [-0.05, 0) is 26.2 Å². The second-order valence-corrected chi connectivity index (χ2v) is 6.74. The van der Waals surface area contributed by atoms with Gasteiger partial charge in [0.15, 0.2) is 0 Å². The molecule has 0 radical (unpaired) electrons. The molecule has 11 heteroatoms. The normalized spacial score (nSPS) is 16.0. The van der Waals surface area contributed by atoms with Crippen LogP contribution in [0, 0.1) is 5.92 Å². The minimum Gasteiger partial charge on any atom is -0.483 e. The molecule has 1 aromatic rings. The summed E-state index contributed by atoms with van der Waals surface area (Å²) in [5.74, 6) is -0.557. The van der Waals surface area contributed by atoms with Crippen molar-refractivity contribution >= 4 is 34.8 Å². The quantitative estimate of drug-likeness (QED) is 0.377. The number of hydrogen-bond donors (Lipinski definition) is 3. The molecule has 2 rings (SSSR count). The number of carboxylic acid groups (broad SMARTS) is 1. The summed E-state index contributed by atoms with van der Waals surface area (Å²) in [4.78, 5) is 34.2. The van der Waals surface area contributed by atoms with E-state index in [1.165, 1.54) is 16.2 Å². The lowest BCUT2D eigenvalue weighted by Crippen LogP contribution is -2.33. The van der Waals surface area contributed by atoms with Crippen molar-refractivity contribution in [2.45, 2.75) is 39.2 Å². The summed E-state index contributed by atoms with van der Waals surface area (Å²) in [6.45, 7) is 3.71. The van der Waals surface area contributed by atoms with Crippen LogP contribution in [0.2, 0.25) is 0 Å². The third kappa shape index (κ3) is 7.97. The van der Waals surface area contributed by atoms with E-state index in [9.17, 15) is 9.59 Å². The number of amides is 2. The summed E-state index contributed by atoms with van der Waals surface area (Å²) in [5.41, 5.74) is 0. The molecule has 0 bridgehead atoms. The van der Waals surface area contributed by atoms with Crippen LogP contribution in [0.3, 0.4) is 0 Å². The van der Waals surface area contributed by atoms with E-state index in [1.807, 2.05) is 6.92 Å². The molecule has 0 saturated carbocycles. The zero-order valence-corrected chi connectivity index (χ0v) is 16.1. The Morgan fingerprint density at radius 2 is 2.15 bits per heavy atom. The van der Waals surface area contributed by atoms with E-state index in [2.05, 4.69) is 15.5 Å². The first-order chi connectivity index (χ1) is 13.1. The molecule has 1 aromatic heterocycles. The van der Waals surface area contributed by atoms with E-state index in [-0.39, 0.29) is 37.2 Å². The summed E-state index contributed by atoms with van der Waals surface area (Å²) in [7, 11) is 0. The summed E-state index contributed by atoms with van der Waals surface area (Å²) >= 11 is 1.32. The number of nitrogens with one attached hydrogen (secondary N) is 1. The minimum absolute atomic E-state index is 0.102. The number of ether oxygens (including phenoxy) is 1. The Bertz CT molecular complexity index is 597. The van der Waals surface area contributed by atoms with Gasteiger partial charge in [0.1, 0.15) is 11.6 Å². The Balaban J connectivity index is 0.00000114. The highest BCUT2D eigenvalue weighted by atomic mass is 32.1. The Morgan fingerprint density at radius 3 is 2.81 bits per heavy atom. The smallest absolute Gasteiger partial charge is 0.290 e. The van der Waals surface area contributed by atoms with Gasteiger partial charge in [0.25, 0.3) is 6.47 Å². The number of nitrogens with zero attached hydrogens (tertiary/aromatic N) is 3. The second-order valence-electron chi connectivity index (χ2n) is 5.70. The Hall–Kier alpha value is -2.11. The highest BCUT2D eigenvalue weighted by Crippen LogP contribution is 2.28. The van der Waals surface area contributed by atoms with Crippen molar-refractivity contribution in [2.75, 3.05) is 31.2 Å². The van der Waals surface area contributed by atoms with Crippen molar-refractivity contribution in [2.24, 2.45) is 5.92 Å². The van der Waals surface area contributed by atoms with Crippen molar-refractivity contribution in [3.63, 3.8) is 0 Å². The molecule has 1 aliphatic heterocycles.